The van der Waals surface area contributed by atoms with Gasteiger partial charge in [0.25, 0.3) is 0 Å². The summed E-state index contributed by atoms with van der Waals surface area (Å²) in [6, 6.07) is 1.82. The first-order valence-corrected chi connectivity index (χ1v) is 3.85. The summed E-state index contributed by atoms with van der Waals surface area (Å²) in [6.07, 6.45) is 1.65. The highest BCUT2D eigenvalue weighted by Gasteiger charge is 2.01. The Kier molecular flexibility index (Phi) is 2.74. The van der Waals surface area contributed by atoms with Crippen molar-refractivity contribution in [2.45, 2.75) is 6.92 Å². The molecule has 4 heteroatoms. The molecule has 0 atom stereocenters. The van der Waals surface area contributed by atoms with Crippen molar-refractivity contribution in [3.05, 3.63) is 30.4 Å². The molecule has 0 saturated carbocycles. The highest BCUT2D eigenvalue weighted by Crippen LogP contribution is 2.19. The van der Waals surface area contributed by atoms with Gasteiger partial charge in [-0.25, -0.2) is 0 Å². The molecule has 1 aromatic heterocycles. The summed E-state index contributed by atoms with van der Waals surface area (Å²) >= 11 is 0. The van der Waals surface area contributed by atoms with Crippen LogP contribution in [0.3, 0.4) is 0 Å². The first-order chi connectivity index (χ1) is 6.13. The van der Waals surface area contributed by atoms with E-state index in [4.69, 9.17) is 10.5 Å². The van der Waals surface area contributed by atoms with Crippen molar-refractivity contribution in [2.75, 3.05) is 12.4 Å². The Morgan fingerprint density at radius 1 is 1.69 bits per heavy atom. The van der Waals surface area contributed by atoms with Crippen LogP contribution in [0.25, 0.3) is 0 Å². The molecule has 0 unspecified atom stereocenters. The van der Waals surface area contributed by atoms with Crippen molar-refractivity contribution in [1.29, 1.82) is 0 Å². The van der Waals surface area contributed by atoms with E-state index in [0.29, 0.717) is 11.6 Å². The Hall–Kier alpha value is -1.71. The minimum absolute atomic E-state index is 0.387. The predicted molar refractivity (Wildman–Crippen MR) is 52.5 cm³/mol. The number of ether oxygens (including phenoxy) is 1. The summed E-state index contributed by atoms with van der Waals surface area (Å²) in [5.41, 5.74) is 7.08. The van der Waals surface area contributed by atoms with E-state index in [0.717, 1.165) is 11.4 Å². The second-order valence-corrected chi connectivity index (χ2v) is 2.66. The second kappa shape index (κ2) is 3.80. The monoisotopic (exact) mass is 179 g/mol. The molecule has 0 amide bonds. The van der Waals surface area contributed by atoms with Crippen LogP contribution in [0.1, 0.15) is 5.69 Å². The van der Waals surface area contributed by atoms with Gasteiger partial charge in [-0.3, -0.25) is 4.98 Å². The van der Waals surface area contributed by atoms with Gasteiger partial charge in [0, 0.05) is 6.07 Å². The number of rotatable bonds is 3. The first-order valence-electron chi connectivity index (χ1n) is 3.85. The van der Waals surface area contributed by atoms with Crippen LogP contribution in [0.5, 0.6) is 5.75 Å². The van der Waals surface area contributed by atoms with Gasteiger partial charge in [0.05, 0.1) is 30.5 Å². The molecule has 13 heavy (non-hydrogen) atoms. The minimum atomic E-state index is 0.387. The van der Waals surface area contributed by atoms with E-state index in [1.54, 1.807) is 13.3 Å². The molecular weight excluding hydrogens is 166 g/mol. The third kappa shape index (κ3) is 2.37. The molecule has 70 valence electrons. The maximum atomic E-state index is 5.41. The zero-order valence-electron chi connectivity index (χ0n) is 7.79. The summed E-state index contributed by atoms with van der Waals surface area (Å²) in [5, 5.41) is 2.89. The molecule has 0 aromatic carbocycles. The second-order valence-electron chi connectivity index (χ2n) is 2.66. The van der Waals surface area contributed by atoms with Crippen molar-refractivity contribution >= 4 is 5.69 Å². The van der Waals surface area contributed by atoms with Crippen LogP contribution in [0.15, 0.2) is 24.7 Å². The lowest BCUT2D eigenvalue weighted by atomic mass is 10.3. The van der Waals surface area contributed by atoms with Crippen LogP contribution in [0.2, 0.25) is 0 Å². The van der Waals surface area contributed by atoms with E-state index in [1.807, 2.05) is 13.0 Å². The molecule has 0 spiro atoms. The third-order valence-corrected chi connectivity index (χ3v) is 1.59. The molecule has 1 rings (SSSR count). The molecular formula is C9H13N3O. The van der Waals surface area contributed by atoms with E-state index in [2.05, 4.69) is 16.9 Å². The van der Waals surface area contributed by atoms with E-state index in [9.17, 15) is 0 Å². The average Bonchev–Trinajstić information content (AvgIpc) is 2.08. The highest BCUT2D eigenvalue weighted by molar-refractivity contribution is 5.53. The van der Waals surface area contributed by atoms with Crippen molar-refractivity contribution in [1.82, 2.24) is 4.98 Å². The van der Waals surface area contributed by atoms with Crippen molar-refractivity contribution in [3.8, 4) is 5.75 Å². The summed E-state index contributed by atoms with van der Waals surface area (Å²) in [4.78, 5) is 4.12. The maximum absolute atomic E-state index is 5.41. The SMILES string of the molecule is C=C(N)Nc1cc(OC)cnc1C. The van der Waals surface area contributed by atoms with Gasteiger partial charge in [0.15, 0.2) is 0 Å². The average molecular weight is 179 g/mol. The normalized spacial score (nSPS) is 9.38. The van der Waals surface area contributed by atoms with Crippen molar-refractivity contribution in [2.24, 2.45) is 5.73 Å². The predicted octanol–water partition coefficient (Wildman–Crippen LogP) is 1.24. The van der Waals surface area contributed by atoms with Crippen LogP contribution >= 0.6 is 0 Å². The highest BCUT2D eigenvalue weighted by atomic mass is 16.5. The zero-order valence-corrected chi connectivity index (χ0v) is 7.79. The molecule has 0 saturated heterocycles. The fourth-order valence-electron chi connectivity index (χ4n) is 0.925. The van der Waals surface area contributed by atoms with Crippen LogP contribution < -0.4 is 15.8 Å². The molecule has 0 aliphatic heterocycles. The number of pyridine rings is 1. The van der Waals surface area contributed by atoms with Crippen LogP contribution in [-0.2, 0) is 0 Å². The Morgan fingerprint density at radius 3 is 2.92 bits per heavy atom. The van der Waals surface area contributed by atoms with Gasteiger partial charge in [-0.15, -0.1) is 0 Å². The van der Waals surface area contributed by atoms with Gasteiger partial charge < -0.3 is 15.8 Å². The summed E-state index contributed by atoms with van der Waals surface area (Å²) in [5.74, 6) is 1.08. The molecule has 0 aliphatic carbocycles. The molecule has 1 heterocycles. The van der Waals surface area contributed by atoms with Crippen LogP contribution in [0, 0.1) is 6.92 Å². The lowest BCUT2D eigenvalue weighted by Gasteiger charge is -2.09. The van der Waals surface area contributed by atoms with Gasteiger partial charge in [-0.2, -0.15) is 0 Å². The largest absolute Gasteiger partial charge is 0.495 e. The lowest BCUT2D eigenvalue weighted by Crippen LogP contribution is -2.08. The number of nitrogens with one attached hydrogen (secondary N) is 1. The summed E-state index contributed by atoms with van der Waals surface area (Å²) in [6.45, 7) is 5.42. The van der Waals surface area contributed by atoms with Gasteiger partial charge in [0.1, 0.15) is 5.75 Å². The standard InChI is InChI=1S/C9H13N3O/c1-6-9(12-7(2)10)4-8(13-3)5-11-6/h4-5,12H,2,10H2,1,3H3. The Labute approximate surface area is 77.4 Å². The van der Waals surface area contributed by atoms with Gasteiger partial charge in [-0.05, 0) is 6.92 Å². The number of hydrogen-bond acceptors (Lipinski definition) is 4. The molecule has 0 bridgehead atoms. The van der Waals surface area contributed by atoms with Crippen LogP contribution in [-0.4, -0.2) is 12.1 Å². The van der Waals surface area contributed by atoms with Gasteiger partial charge >= 0.3 is 0 Å². The first kappa shape index (κ1) is 9.38. The number of anilines is 1. The van der Waals surface area contributed by atoms with Crippen molar-refractivity contribution < 1.29 is 4.74 Å². The lowest BCUT2D eigenvalue weighted by molar-refractivity contribution is 0.413. The summed E-state index contributed by atoms with van der Waals surface area (Å²) in [7, 11) is 1.59. The number of hydrogen-bond donors (Lipinski definition) is 2. The summed E-state index contributed by atoms with van der Waals surface area (Å²) < 4.78 is 5.02. The molecule has 3 N–H and O–H groups in total. The Balaban J connectivity index is 2.96. The van der Waals surface area contributed by atoms with E-state index < -0.39 is 0 Å². The van der Waals surface area contributed by atoms with Crippen molar-refractivity contribution in [3.63, 3.8) is 0 Å². The fraction of sp³-hybridized carbons (Fsp3) is 0.222. The Bertz CT molecular complexity index is 323. The number of nitrogens with two attached hydrogens (primary N) is 1. The maximum Gasteiger partial charge on any atom is 0.139 e. The molecule has 0 fully saturated rings. The fourth-order valence-corrected chi connectivity index (χ4v) is 0.925. The molecule has 4 nitrogen and oxygen atoms in total. The number of aryl methyl sites for hydroxylation is 1. The van der Waals surface area contributed by atoms with E-state index in [-0.39, 0.29) is 0 Å². The van der Waals surface area contributed by atoms with E-state index in [1.165, 1.54) is 0 Å². The topological polar surface area (TPSA) is 60.2 Å². The van der Waals surface area contributed by atoms with Crippen LogP contribution in [0.4, 0.5) is 5.69 Å². The number of aromatic nitrogens is 1. The number of nitrogens with zero attached hydrogens (tertiary/aromatic N) is 1. The number of methoxy groups -OCH3 is 1. The zero-order chi connectivity index (χ0) is 9.84. The van der Waals surface area contributed by atoms with E-state index >= 15 is 0 Å². The minimum Gasteiger partial charge on any atom is -0.495 e. The smallest absolute Gasteiger partial charge is 0.139 e. The molecule has 0 aliphatic rings. The van der Waals surface area contributed by atoms with Gasteiger partial charge in [-0.1, -0.05) is 6.58 Å². The molecule has 1 aromatic rings. The quantitative estimate of drug-likeness (QED) is 0.733. The van der Waals surface area contributed by atoms with Gasteiger partial charge in [0.2, 0.25) is 0 Å². The molecule has 0 radical (unpaired) electrons. The Morgan fingerprint density at radius 2 is 2.38 bits per heavy atom. The third-order valence-electron chi connectivity index (χ3n) is 1.59.